The average molecular weight is 373 g/mol. The van der Waals surface area contributed by atoms with E-state index in [1.54, 1.807) is 0 Å². The van der Waals surface area contributed by atoms with Gasteiger partial charge in [0.25, 0.3) is 0 Å². The fourth-order valence-electron chi connectivity index (χ4n) is 2.05. The Bertz CT molecular complexity index is 354. The van der Waals surface area contributed by atoms with Gasteiger partial charge in [-0.05, 0) is 39.5 Å². The zero-order valence-electron chi connectivity index (χ0n) is 17.6. The van der Waals surface area contributed by atoms with Gasteiger partial charge < -0.3 is 20.1 Å². The highest BCUT2D eigenvalue weighted by Gasteiger charge is 2.16. The lowest BCUT2D eigenvalue weighted by Gasteiger charge is -2.16. The standard InChI is InChI=1S/C20H40N2O4/c1-7-17(5)21-13-15(3)19(23)25-11-9-10-12-26-20(24)16(4)14-22-18(6)8-2/h15-18,21-22H,7-14H2,1-6H3. The van der Waals surface area contributed by atoms with E-state index < -0.39 is 0 Å². The molecule has 0 radical (unpaired) electrons. The molecule has 0 aliphatic carbocycles. The molecule has 0 rings (SSSR count). The first-order valence-corrected chi connectivity index (χ1v) is 10.1. The highest BCUT2D eigenvalue weighted by atomic mass is 16.5. The van der Waals surface area contributed by atoms with Crippen LogP contribution in [-0.4, -0.2) is 50.3 Å². The van der Waals surface area contributed by atoms with E-state index in [1.165, 1.54) is 0 Å². The number of nitrogens with one attached hydrogen (secondary N) is 2. The maximum atomic E-state index is 11.9. The fraction of sp³-hybridized carbons (Fsp3) is 0.900. The molecule has 154 valence electrons. The van der Waals surface area contributed by atoms with Crippen molar-refractivity contribution < 1.29 is 19.1 Å². The van der Waals surface area contributed by atoms with Gasteiger partial charge in [-0.2, -0.15) is 0 Å². The fourth-order valence-corrected chi connectivity index (χ4v) is 2.05. The smallest absolute Gasteiger partial charge is 0.309 e. The lowest BCUT2D eigenvalue weighted by molar-refractivity contribution is -0.150. The number of esters is 2. The van der Waals surface area contributed by atoms with E-state index in [2.05, 4.69) is 38.3 Å². The Hall–Kier alpha value is -1.14. The number of hydrogen-bond donors (Lipinski definition) is 2. The number of carbonyl (C=O) groups excluding carboxylic acids is 2. The molecule has 6 heteroatoms. The van der Waals surface area contributed by atoms with Gasteiger partial charge in [-0.15, -0.1) is 0 Å². The highest BCUT2D eigenvalue weighted by Crippen LogP contribution is 2.03. The van der Waals surface area contributed by atoms with Gasteiger partial charge in [-0.1, -0.05) is 27.7 Å². The number of rotatable bonds is 15. The van der Waals surface area contributed by atoms with Crippen molar-refractivity contribution in [2.24, 2.45) is 11.8 Å². The van der Waals surface area contributed by atoms with Crippen molar-refractivity contribution in [3.63, 3.8) is 0 Å². The van der Waals surface area contributed by atoms with Crippen molar-refractivity contribution in [3.05, 3.63) is 0 Å². The molecule has 4 atom stereocenters. The van der Waals surface area contributed by atoms with Crippen LogP contribution in [0.2, 0.25) is 0 Å². The van der Waals surface area contributed by atoms with E-state index in [9.17, 15) is 9.59 Å². The molecular weight excluding hydrogens is 332 g/mol. The maximum Gasteiger partial charge on any atom is 0.309 e. The summed E-state index contributed by atoms with van der Waals surface area (Å²) in [5.41, 5.74) is 0. The van der Waals surface area contributed by atoms with Crippen molar-refractivity contribution in [1.82, 2.24) is 10.6 Å². The second kappa shape index (κ2) is 15.0. The molecule has 0 aromatic carbocycles. The Morgan fingerprint density at radius 2 is 1.08 bits per heavy atom. The maximum absolute atomic E-state index is 11.9. The van der Waals surface area contributed by atoms with Crippen molar-refractivity contribution >= 4 is 11.9 Å². The van der Waals surface area contributed by atoms with Crippen molar-refractivity contribution in [3.8, 4) is 0 Å². The molecule has 4 unspecified atom stereocenters. The number of unbranched alkanes of at least 4 members (excludes halogenated alkanes) is 1. The van der Waals surface area contributed by atoms with Gasteiger partial charge in [0.2, 0.25) is 0 Å². The molecule has 26 heavy (non-hydrogen) atoms. The minimum absolute atomic E-state index is 0.152. The molecule has 0 saturated heterocycles. The monoisotopic (exact) mass is 372 g/mol. The second-order valence-corrected chi connectivity index (χ2v) is 7.28. The molecule has 0 aromatic rings. The molecule has 0 fully saturated rings. The number of ether oxygens (including phenoxy) is 2. The summed E-state index contributed by atoms with van der Waals surface area (Å²) in [6.07, 6.45) is 3.47. The van der Waals surface area contributed by atoms with Gasteiger partial charge >= 0.3 is 11.9 Å². The van der Waals surface area contributed by atoms with Crippen LogP contribution in [0.4, 0.5) is 0 Å². The molecule has 0 heterocycles. The Morgan fingerprint density at radius 1 is 0.731 bits per heavy atom. The highest BCUT2D eigenvalue weighted by molar-refractivity contribution is 5.72. The lowest BCUT2D eigenvalue weighted by atomic mass is 10.1. The van der Waals surface area contributed by atoms with Crippen molar-refractivity contribution in [2.45, 2.75) is 79.3 Å². The van der Waals surface area contributed by atoms with Crippen LogP contribution in [0.1, 0.15) is 67.2 Å². The molecule has 0 bridgehead atoms. The van der Waals surface area contributed by atoms with Crippen LogP contribution in [0.15, 0.2) is 0 Å². The third-order valence-electron chi connectivity index (χ3n) is 4.60. The van der Waals surface area contributed by atoms with Crippen LogP contribution < -0.4 is 10.6 Å². The summed E-state index contributed by atoms with van der Waals surface area (Å²) in [6, 6.07) is 0.811. The van der Waals surface area contributed by atoms with Gasteiger partial charge in [0.1, 0.15) is 0 Å². The van der Waals surface area contributed by atoms with Crippen LogP contribution in [0.25, 0.3) is 0 Å². The van der Waals surface area contributed by atoms with E-state index in [0.29, 0.717) is 51.2 Å². The number of carbonyl (C=O) groups is 2. The van der Waals surface area contributed by atoms with Crippen LogP contribution in [0.5, 0.6) is 0 Å². The summed E-state index contributed by atoms with van der Waals surface area (Å²) in [6.45, 7) is 14.2. The van der Waals surface area contributed by atoms with Gasteiger partial charge in [-0.25, -0.2) is 0 Å². The van der Waals surface area contributed by atoms with E-state index in [-0.39, 0.29) is 23.8 Å². The first kappa shape index (κ1) is 24.9. The largest absolute Gasteiger partial charge is 0.465 e. The van der Waals surface area contributed by atoms with Crippen molar-refractivity contribution in [1.29, 1.82) is 0 Å². The van der Waals surface area contributed by atoms with Crippen LogP contribution in [-0.2, 0) is 19.1 Å². The number of hydrogen-bond acceptors (Lipinski definition) is 6. The summed E-state index contributed by atoms with van der Waals surface area (Å²) in [5, 5.41) is 6.61. The van der Waals surface area contributed by atoms with E-state index >= 15 is 0 Å². The van der Waals surface area contributed by atoms with Gasteiger partial charge in [0.05, 0.1) is 25.0 Å². The average Bonchev–Trinajstić information content (AvgIpc) is 2.65. The minimum Gasteiger partial charge on any atom is -0.465 e. The summed E-state index contributed by atoms with van der Waals surface area (Å²) in [5.74, 6) is -0.661. The van der Waals surface area contributed by atoms with Crippen LogP contribution in [0.3, 0.4) is 0 Å². The lowest BCUT2D eigenvalue weighted by Crippen LogP contribution is -2.33. The minimum atomic E-state index is -0.178. The third kappa shape index (κ3) is 12.3. The Morgan fingerprint density at radius 3 is 1.38 bits per heavy atom. The van der Waals surface area contributed by atoms with E-state index in [1.807, 2.05) is 13.8 Å². The predicted octanol–water partition coefficient (Wildman–Crippen LogP) is 2.90. The quantitative estimate of drug-likeness (QED) is 0.340. The molecule has 0 saturated carbocycles. The van der Waals surface area contributed by atoms with Crippen molar-refractivity contribution in [2.75, 3.05) is 26.3 Å². The summed E-state index contributed by atoms with van der Waals surface area (Å²) in [4.78, 5) is 23.7. The SMILES string of the molecule is CCC(C)NCC(C)C(=O)OCCCCOC(=O)C(C)CNC(C)CC. The van der Waals surface area contributed by atoms with E-state index in [4.69, 9.17) is 9.47 Å². The second-order valence-electron chi connectivity index (χ2n) is 7.28. The Balaban J connectivity index is 3.70. The van der Waals surface area contributed by atoms with E-state index in [0.717, 1.165) is 12.8 Å². The summed E-state index contributed by atoms with van der Waals surface area (Å²) >= 11 is 0. The molecule has 0 aliphatic heterocycles. The predicted molar refractivity (Wildman–Crippen MR) is 105 cm³/mol. The third-order valence-corrected chi connectivity index (χ3v) is 4.60. The Kier molecular flexibility index (Phi) is 14.3. The van der Waals surface area contributed by atoms with Gasteiger partial charge in [0, 0.05) is 25.2 Å². The topological polar surface area (TPSA) is 76.7 Å². The molecular formula is C20H40N2O4. The van der Waals surface area contributed by atoms with Gasteiger partial charge in [-0.3, -0.25) is 9.59 Å². The van der Waals surface area contributed by atoms with Crippen LogP contribution >= 0.6 is 0 Å². The first-order valence-electron chi connectivity index (χ1n) is 10.1. The molecule has 0 amide bonds. The zero-order valence-corrected chi connectivity index (χ0v) is 17.6. The normalized spacial score (nSPS) is 15.8. The molecule has 0 aromatic heterocycles. The molecule has 6 nitrogen and oxygen atoms in total. The summed E-state index contributed by atoms with van der Waals surface area (Å²) in [7, 11) is 0. The summed E-state index contributed by atoms with van der Waals surface area (Å²) < 4.78 is 10.5. The molecule has 0 aliphatic rings. The Labute approximate surface area is 159 Å². The van der Waals surface area contributed by atoms with Gasteiger partial charge in [0.15, 0.2) is 0 Å². The molecule has 0 spiro atoms. The van der Waals surface area contributed by atoms with Crippen LogP contribution in [0, 0.1) is 11.8 Å². The first-order chi connectivity index (χ1) is 12.3. The zero-order chi connectivity index (χ0) is 19.9. The molecule has 2 N–H and O–H groups in total.